The lowest BCUT2D eigenvalue weighted by Gasteiger charge is -2.23. The summed E-state index contributed by atoms with van der Waals surface area (Å²) in [6.45, 7) is 1.88. The number of amidine groups is 1. The van der Waals surface area contributed by atoms with Gasteiger partial charge in [-0.3, -0.25) is 0 Å². The second-order valence-electron chi connectivity index (χ2n) is 8.84. The Kier molecular flexibility index (Phi) is 6.73. The van der Waals surface area contributed by atoms with Gasteiger partial charge in [-0.05, 0) is 59.4 Å². The number of pyridine rings is 1. The minimum atomic E-state index is 0.509. The van der Waals surface area contributed by atoms with Gasteiger partial charge in [0, 0.05) is 30.6 Å². The number of benzene rings is 3. The van der Waals surface area contributed by atoms with Crippen molar-refractivity contribution in [3.63, 3.8) is 0 Å². The Bertz CT molecular complexity index is 1390. The standard InChI is InChI=1S/C29H30N6/c30-28(33-34-31)16-13-24-8-4-9-25-17-18-35(29(24)25)20-22-6-3-5-21(19-22)11-14-26-15-12-23-7-1-2-10-27(23)32-26/h1-12,14-15,19,34H,13,16-18,20,31H2,(H2,30,33)/b14-11+. The van der Waals surface area contributed by atoms with E-state index in [1.54, 1.807) is 0 Å². The van der Waals surface area contributed by atoms with Crippen molar-refractivity contribution in [2.75, 3.05) is 11.4 Å². The van der Waals surface area contributed by atoms with E-state index in [0.29, 0.717) is 12.3 Å². The highest BCUT2D eigenvalue weighted by atomic mass is 15.5. The molecular formula is C29H30N6. The third kappa shape index (κ3) is 5.34. The van der Waals surface area contributed by atoms with Crippen molar-refractivity contribution in [1.29, 1.82) is 0 Å². The molecule has 5 N–H and O–H groups in total. The Labute approximate surface area is 205 Å². The molecule has 0 aliphatic carbocycles. The zero-order chi connectivity index (χ0) is 24.0. The maximum atomic E-state index is 5.93. The number of anilines is 1. The molecule has 0 fully saturated rings. The van der Waals surface area contributed by atoms with Gasteiger partial charge in [0.2, 0.25) is 0 Å². The number of rotatable bonds is 8. The molecule has 0 saturated carbocycles. The predicted molar refractivity (Wildman–Crippen MR) is 146 cm³/mol. The zero-order valence-corrected chi connectivity index (χ0v) is 19.7. The van der Waals surface area contributed by atoms with Crippen LogP contribution in [0.4, 0.5) is 5.69 Å². The molecule has 0 saturated heterocycles. The zero-order valence-electron chi connectivity index (χ0n) is 19.7. The molecule has 176 valence electrons. The lowest BCUT2D eigenvalue weighted by atomic mass is 10.0. The Morgan fingerprint density at radius 1 is 1.00 bits per heavy atom. The number of hydrogen-bond acceptors (Lipinski definition) is 5. The van der Waals surface area contributed by atoms with E-state index in [9.17, 15) is 0 Å². The van der Waals surface area contributed by atoms with E-state index < -0.39 is 0 Å². The maximum Gasteiger partial charge on any atom is 0.121 e. The van der Waals surface area contributed by atoms with Crippen molar-refractivity contribution in [2.24, 2.45) is 16.7 Å². The fourth-order valence-corrected chi connectivity index (χ4v) is 4.75. The van der Waals surface area contributed by atoms with Crippen molar-refractivity contribution in [1.82, 2.24) is 10.5 Å². The number of aryl methyl sites for hydroxylation is 1. The summed E-state index contributed by atoms with van der Waals surface area (Å²) in [6.07, 6.45) is 6.77. The summed E-state index contributed by atoms with van der Waals surface area (Å²) in [5.74, 6) is 5.76. The highest BCUT2D eigenvalue weighted by Gasteiger charge is 2.22. The normalized spacial score (nSPS) is 13.5. The predicted octanol–water partition coefficient (Wildman–Crippen LogP) is 4.64. The molecule has 3 aromatic carbocycles. The van der Waals surface area contributed by atoms with Crippen LogP contribution >= 0.6 is 0 Å². The van der Waals surface area contributed by atoms with Gasteiger partial charge in [-0.1, -0.05) is 66.7 Å². The average molecular weight is 463 g/mol. The summed E-state index contributed by atoms with van der Waals surface area (Å²) in [7, 11) is 0. The van der Waals surface area contributed by atoms with Crippen LogP contribution in [-0.4, -0.2) is 17.4 Å². The number of para-hydroxylation sites is 2. The molecule has 2 heterocycles. The van der Waals surface area contributed by atoms with E-state index in [1.807, 2.05) is 18.2 Å². The third-order valence-corrected chi connectivity index (χ3v) is 6.42. The number of nitrogens with zero attached hydrogens (tertiary/aromatic N) is 3. The van der Waals surface area contributed by atoms with E-state index in [4.69, 9.17) is 16.6 Å². The number of aromatic nitrogens is 1. The topological polar surface area (TPSA) is 92.6 Å². The molecule has 0 unspecified atom stereocenters. The quantitative estimate of drug-likeness (QED) is 0.154. The molecule has 6 nitrogen and oxygen atoms in total. The molecule has 1 aromatic heterocycles. The number of hydrazone groups is 1. The number of nitrogens with one attached hydrogen (secondary N) is 1. The first kappa shape index (κ1) is 22.6. The molecule has 0 atom stereocenters. The number of hydrazine groups is 1. The van der Waals surface area contributed by atoms with Crippen LogP contribution in [0.2, 0.25) is 0 Å². The summed E-state index contributed by atoms with van der Waals surface area (Å²) >= 11 is 0. The average Bonchev–Trinajstić information content (AvgIpc) is 3.30. The third-order valence-electron chi connectivity index (χ3n) is 6.42. The Morgan fingerprint density at radius 3 is 2.80 bits per heavy atom. The Morgan fingerprint density at radius 2 is 1.89 bits per heavy atom. The molecule has 0 amide bonds. The summed E-state index contributed by atoms with van der Waals surface area (Å²) < 4.78 is 0. The van der Waals surface area contributed by atoms with Crippen LogP contribution in [0.3, 0.4) is 0 Å². The lowest BCUT2D eigenvalue weighted by Crippen LogP contribution is -2.23. The van der Waals surface area contributed by atoms with Crippen LogP contribution in [0.1, 0.15) is 34.4 Å². The molecule has 6 heteroatoms. The molecule has 0 spiro atoms. The summed E-state index contributed by atoms with van der Waals surface area (Å²) in [4.78, 5) is 7.23. The Balaban J connectivity index is 1.32. The molecule has 4 aromatic rings. The van der Waals surface area contributed by atoms with E-state index in [2.05, 4.69) is 88.4 Å². The highest BCUT2D eigenvalue weighted by Crippen LogP contribution is 2.34. The SMILES string of the molecule is NNN=C(N)CCc1cccc2c1N(Cc1cccc(/C=C/c3ccc4ccccc4n3)c1)CC2. The van der Waals surface area contributed by atoms with Gasteiger partial charge in [0.25, 0.3) is 0 Å². The second kappa shape index (κ2) is 10.4. The molecule has 0 bridgehead atoms. The van der Waals surface area contributed by atoms with Gasteiger partial charge in [0.15, 0.2) is 0 Å². The van der Waals surface area contributed by atoms with Crippen molar-refractivity contribution < 1.29 is 0 Å². The molecule has 1 aliphatic rings. The van der Waals surface area contributed by atoms with Crippen LogP contribution in [0.5, 0.6) is 0 Å². The van der Waals surface area contributed by atoms with E-state index >= 15 is 0 Å². The molecular weight excluding hydrogens is 432 g/mol. The van der Waals surface area contributed by atoms with E-state index in [-0.39, 0.29) is 0 Å². The van der Waals surface area contributed by atoms with E-state index in [0.717, 1.165) is 42.5 Å². The second-order valence-corrected chi connectivity index (χ2v) is 8.84. The van der Waals surface area contributed by atoms with Gasteiger partial charge in [0.1, 0.15) is 5.84 Å². The van der Waals surface area contributed by atoms with Crippen molar-refractivity contribution in [3.05, 3.63) is 107 Å². The van der Waals surface area contributed by atoms with Crippen LogP contribution in [0.25, 0.3) is 23.1 Å². The van der Waals surface area contributed by atoms with Crippen LogP contribution in [0.15, 0.2) is 84.0 Å². The van der Waals surface area contributed by atoms with Gasteiger partial charge in [-0.25, -0.2) is 16.4 Å². The van der Waals surface area contributed by atoms with Crippen LogP contribution in [0, 0.1) is 0 Å². The van der Waals surface area contributed by atoms with Gasteiger partial charge < -0.3 is 10.6 Å². The number of hydrogen-bond donors (Lipinski definition) is 3. The monoisotopic (exact) mass is 462 g/mol. The molecule has 1 aliphatic heterocycles. The fraction of sp³-hybridized carbons (Fsp3) is 0.172. The smallest absolute Gasteiger partial charge is 0.121 e. The summed E-state index contributed by atoms with van der Waals surface area (Å²) in [6, 6.07) is 27.7. The number of nitrogens with two attached hydrogens (primary N) is 2. The van der Waals surface area contributed by atoms with Gasteiger partial charge in [-0.15, -0.1) is 0 Å². The van der Waals surface area contributed by atoms with Crippen molar-refractivity contribution in [3.8, 4) is 0 Å². The van der Waals surface area contributed by atoms with Crippen LogP contribution in [-0.2, 0) is 19.4 Å². The fourth-order valence-electron chi connectivity index (χ4n) is 4.75. The van der Waals surface area contributed by atoms with Gasteiger partial charge in [0.05, 0.1) is 11.2 Å². The minimum Gasteiger partial charge on any atom is -0.386 e. The molecule has 35 heavy (non-hydrogen) atoms. The number of fused-ring (bicyclic) bond motifs is 2. The van der Waals surface area contributed by atoms with E-state index in [1.165, 1.54) is 27.9 Å². The first-order chi connectivity index (χ1) is 17.2. The minimum absolute atomic E-state index is 0.509. The highest BCUT2D eigenvalue weighted by molar-refractivity contribution is 5.81. The maximum absolute atomic E-state index is 5.93. The Hall–Kier alpha value is -4.16. The summed E-state index contributed by atoms with van der Waals surface area (Å²) in [5, 5.41) is 5.04. The molecule has 5 rings (SSSR count). The largest absolute Gasteiger partial charge is 0.386 e. The van der Waals surface area contributed by atoms with Crippen LogP contribution < -0.4 is 22.0 Å². The van der Waals surface area contributed by atoms with Gasteiger partial charge >= 0.3 is 0 Å². The first-order valence-corrected chi connectivity index (χ1v) is 12.0. The summed E-state index contributed by atoms with van der Waals surface area (Å²) in [5.41, 5.74) is 16.7. The lowest BCUT2D eigenvalue weighted by molar-refractivity contribution is 0.792. The van der Waals surface area contributed by atoms with Gasteiger partial charge in [-0.2, -0.15) is 5.10 Å². The molecule has 0 radical (unpaired) electrons. The first-order valence-electron chi connectivity index (χ1n) is 12.0. The van der Waals surface area contributed by atoms with Crippen molar-refractivity contribution >= 4 is 34.6 Å². The van der Waals surface area contributed by atoms with Crippen molar-refractivity contribution in [2.45, 2.75) is 25.8 Å².